The van der Waals surface area contributed by atoms with Crippen LogP contribution >= 0.6 is 11.3 Å². The van der Waals surface area contributed by atoms with Crippen LogP contribution in [0.25, 0.3) is 0 Å². The number of amides is 1. The van der Waals surface area contributed by atoms with Crippen LogP contribution in [0.4, 0.5) is 9.93 Å². The summed E-state index contributed by atoms with van der Waals surface area (Å²) in [6.07, 6.45) is -0.105. The van der Waals surface area contributed by atoms with Gasteiger partial charge in [-0.3, -0.25) is 4.90 Å². The van der Waals surface area contributed by atoms with Crippen LogP contribution < -0.4 is 4.90 Å². The number of methoxy groups -OCH3 is 1. The molecule has 146 valence electrons. The molecule has 0 N–H and O–H groups in total. The Kier molecular flexibility index (Phi) is 6.25. The molecule has 0 radical (unpaired) electrons. The molecule has 1 aromatic heterocycles. The molecule has 0 spiro atoms. The minimum Gasteiger partial charge on any atom is -0.464 e. The molecule has 1 unspecified atom stereocenters. The summed E-state index contributed by atoms with van der Waals surface area (Å²) in [6.45, 7) is 9.86. The van der Waals surface area contributed by atoms with Crippen molar-refractivity contribution in [3.63, 3.8) is 0 Å². The van der Waals surface area contributed by atoms with Gasteiger partial charge >= 0.3 is 12.1 Å². The monoisotopic (exact) mass is 386 g/mol. The number of esters is 1. The van der Waals surface area contributed by atoms with Gasteiger partial charge in [-0.15, -0.1) is 11.3 Å². The second-order valence-electron chi connectivity index (χ2n) is 7.38. The Balaban J connectivity index is 2.12. The Labute approximate surface area is 157 Å². The van der Waals surface area contributed by atoms with Crippen LogP contribution in [0.5, 0.6) is 0 Å². The quantitative estimate of drug-likeness (QED) is 0.718. The van der Waals surface area contributed by atoms with Gasteiger partial charge in [0.25, 0.3) is 0 Å². The van der Waals surface area contributed by atoms with Gasteiger partial charge in [0, 0.05) is 11.9 Å². The highest BCUT2D eigenvalue weighted by molar-refractivity contribution is 7.14. The number of rotatable bonds is 5. The third-order valence-corrected chi connectivity index (χ3v) is 4.34. The van der Waals surface area contributed by atoms with Crippen LogP contribution in [-0.4, -0.2) is 54.8 Å². The Morgan fingerprint density at radius 1 is 1.42 bits per heavy atom. The zero-order valence-corrected chi connectivity index (χ0v) is 16.8. The fourth-order valence-electron chi connectivity index (χ4n) is 2.35. The number of thiazole rings is 1. The zero-order valence-electron chi connectivity index (χ0n) is 16.0. The summed E-state index contributed by atoms with van der Waals surface area (Å²) < 4.78 is 21.5. The predicted octanol–water partition coefficient (Wildman–Crippen LogP) is 3.21. The van der Waals surface area contributed by atoms with E-state index in [0.717, 1.165) is 0 Å². The van der Waals surface area contributed by atoms with E-state index in [1.54, 1.807) is 26.2 Å². The lowest BCUT2D eigenvalue weighted by molar-refractivity contribution is -0.138. The standard InChI is InChI=1S/C17H26N2O6S/c1-16(2,3)25-15(21)19(8-7-11-9-23-17(4,5)24-11)14-18-12(10-26-14)13(20)22-6/h10-11H,7-9H2,1-6H3. The molecule has 1 saturated heterocycles. The van der Waals surface area contributed by atoms with Crippen LogP contribution in [0.3, 0.4) is 0 Å². The van der Waals surface area contributed by atoms with Crippen molar-refractivity contribution in [3.8, 4) is 0 Å². The van der Waals surface area contributed by atoms with Crippen molar-refractivity contribution in [2.75, 3.05) is 25.2 Å². The summed E-state index contributed by atoms with van der Waals surface area (Å²) in [4.78, 5) is 29.9. The first kappa shape index (κ1) is 20.6. The number of anilines is 1. The minimum absolute atomic E-state index is 0.130. The van der Waals surface area contributed by atoms with E-state index in [-0.39, 0.29) is 11.8 Å². The van der Waals surface area contributed by atoms with Crippen molar-refractivity contribution in [3.05, 3.63) is 11.1 Å². The van der Waals surface area contributed by atoms with Gasteiger partial charge < -0.3 is 18.9 Å². The first-order valence-electron chi connectivity index (χ1n) is 8.37. The molecule has 1 aromatic rings. The number of nitrogens with zero attached hydrogens (tertiary/aromatic N) is 2. The Hall–Kier alpha value is -1.71. The zero-order chi connectivity index (χ0) is 19.5. The van der Waals surface area contributed by atoms with Gasteiger partial charge in [-0.05, 0) is 41.0 Å². The topological polar surface area (TPSA) is 87.2 Å². The molecule has 2 rings (SSSR count). The summed E-state index contributed by atoms with van der Waals surface area (Å²) in [7, 11) is 1.28. The van der Waals surface area contributed by atoms with Gasteiger partial charge in [0.15, 0.2) is 16.6 Å². The highest BCUT2D eigenvalue weighted by atomic mass is 32.1. The first-order chi connectivity index (χ1) is 12.0. The third-order valence-electron chi connectivity index (χ3n) is 3.47. The summed E-state index contributed by atoms with van der Waals surface area (Å²) in [5.41, 5.74) is -0.491. The number of carbonyl (C=O) groups is 2. The van der Waals surface area contributed by atoms with Gasteiger partial charge in [0.1, 0.15) is 5.60 Å². The molecule has 26 heavy (non-hydrogen) atoms. The van der Waals surface area contributed by atoms with Crippen LogP contribution in [0, 0.1) is 0 Å². The van der Waals surface area contributed by atoms with E-state index in [1.165, 1.54) is 23.3 Å². The second kappa shape index (κ2) is 7.89. The fourth-order valence-corrected chi connectivity index (χ4v) is 3.16. The molecule has 9 heteroatoms. The number of hydrogen-bond acceptors (Lipinski definition) is 8. The average Bonchev–Trinajstić information content (AvgIpc) is 3.12. The van der Waals surface area contributed by atoms with E-state index in [4.69, 9.17) is 14.2 Å². The molecule has 0 aromatic carbocycles. The highest BCUT2D eigenvalue weighted by Crippen LogP contribution is 2.27. The number of carbonyl (C=O) groups excluding carboxylic acids is 2. The summed E-state index contributed by atoms with van der Waals surface area (Å²) >= 11 is 1.18. The van der Waals surface area contributed by atoms with Gasteiger partial charge in [-0.1, -0.05) is 0 Å². The van der Waals surface area contributed by atoms with Crippen LogP contribution in [0.15, 0.2) is 5.38 Å². The van der Waals surface area contributed by atoms with E-state index in [1.807, 2.05) is 13.8 Å². The molecule has 1 fully saturated rings. The van der Waals surface area contributed by atoms with Gasteiger partial charge in [-0.2, -0.15) is 0 Å². The predicted molar refractivity (Wildman–Crippen MR) is 96.6 cm³/mol. The van der Waals surface area contributed by atoms with E-state index < -0.39 is 23.5 Å². The lowest BCUT2D eigenvalue weighted by atomic mass is 10.2. The Bertz CT molecular complexity index is 652. The Morgan fingerprint density at radius 3 is 2.65 bits per heavy atom. The van der Waals surface area contributed by atoms with E-state index >= 15 is 0 Å². The maximum Gasteiger partial charge on any atom is 0.416 e. The largest absolute Gasteiger partial charge is 0.464 e. The lowest BCUT2D eigenvalue weighted by Gasteiger charge is -2.26. The van der Waals surface area contributed by atoms with Crippen molar-refractivity contribution in [2.24, 2.45) is 0 Å². The number of aromatic nitrogens is 1. The molecule has 1 aliphatic heterocycles. The maximum atomic E-state index is 12.6. The molecule has 1 atom stereocenters. The molecule has 2 heterocycles. The van der Waals surface area contributed by atoms with Crippen molar-refractivity contribution in [2.45, 2.75) is 58.5 Å². The van der Waals surface area contributed by atoms with Gasteiger partial charge in [0.2, 0.25) is 0 Å². The fraction of sp³-hybridized carbons (Fsp3) is 0.706. The van der Waals surface area contributed by atoms with E-state index in [2.05, 4.69) is 9.72 Å². The number of hydrogen-bond donors (Lipinski definition) is 0. The average molecular weight is 386 g/mol. The van der Waals surface area contributed by atoms with Crippen LogP contribution in [-0.2, 0) is 18.9 Å². The first-order valence-corrected chi connectivity index (χ1v) is 9.25. The van der Waals surface area contributed by atoms with Crippen molar-refractivity contribution in [1.82, 2.24) is 4.98 Å². The van der Waals surface area contributed by atoms with Crippen molar-refractivity contribution < 1.29 is 28.5 Å². The van der Waals surface area contributed by atoms with Crippen molar-refractivity contribution in [1.29, 1.82) is 0 Å². The van der Waals surface area contributed by atoms with Crippen LogP contribution in [0.2, 0.25) is 0 Å². The molecule has 1 amide bonds. The molecular formula is C17H26N2O6S. The van der Waals surface area contributed by atoms with Crippen molar-refractivity contribution >= 4 is 28.5 Å². The Morgan fingerprint density at radius 2 is 2.12 bits per heavy atom. The molecule has 0 aliphatic carbocycles. The molecule has 1 aliphatic rings. The molecular weight excluding hydrogens is 360 g/mol. The normalized spacial score (nSPS) is 19.2. The van der Waals surface area contributed by atoms with Crippen LogP contribution in [0.1, 0.15) is 51.5 Å². The third kappa shape index (κ3) is 5.65. The molecule has 0 bridgehead atoms. The van der Waals surface area contributed by atoms with Gasteiger partial charge in [-0.25, -0.2) is 14.6 Å². The second-order valence-corrected chi connectivity index (χ2v) is 8.21. The summed E-state index contributed by atoms with van der Waals surface area (Å²) in [6, 6.07) is 0. The van der Waals surface area contributed by atoms with Gasteiger partial charge in [0.05, 0.1) is 19.8 Å². The van der Waals surface area contributed by atoms with E-state index in [0.29, 0.717) is 24.7 Å². The molecule has 8 nitrogen and oxygen atoms in total. The lowest BCUT2D eigenvalue weighted by Crippen LogP contribution is -2.38. The SMILES string of the molecule is COC(=O)c1csc(N(CCC2COC(C)(C)O2)C(=O)OC(C)(C)C)n1. The number of ether oxygens (including phenoxy) is 4. The summed E-state index contributed by atoms with van der Waals surface area (Å²) in [5, 5.41) is 1.93. The highest BCUT2D eigenvalue weighted by Gasteiger charge is 2.34. The minimum atomic E-state index is -0.646. The smallest absolute Gasteiger partial charge is 0.416 e. The molecule has 0 saturated carbocycles. The summed E-state index contributed by atoms with van der Waals surface area (Å²) in [5.74, 6) is -1.17. The maximum absolute atomic E-state index is 12.6. The van der Waals surface area contributed by atoms with E-state index in [9.17, 15) is 9.59 Å².